The van der Waals surface area contributed by atoms with Gasteiger partial charge in [-0.05, 0) is 41.5 Å². The zero-order chi connectivity index (χ0) is 13.5. The number of fused-ring (bicyclic) bond motifs is 2. The van der Waals surface area contributed by atoms with E-state index in [9.17, 15) is 5.11 Å². The van der Waals surface area contributed by atoms with Crippen LogP contribution in [0.1, 0.15) is 24.8 Å². The zero-order valence-corrected chi connectivity index (χ0v) is 11.8. The van der Waals surface area contributed by atoms with Crippen LogP contribution in [0, 0.1) is 11.8 Å². The SMILES string of the molecule is Oc1ccc2ccccc2c1CN1CC2CCCC2C1. The number of rotatable bonds is 2. The Labute approximate surface area is 120 Å². The number of hydrogen-bond acceptors (Lipinski definition) is 2. The van der Waals surface area contributed by atoms with E-state index in [-0.39, 0.29) is 0 Å². The van der Waals surface area contributed by atoms with Crippen molar-refractivity contribution >= 4 is 10.8 Å². The molecule has 2 nitrogen and oxygen atoms in total. The van der Waals surface area contributed by atoms with Gasteiger partial charge in [-0.15, -0.1) is 0 Å². The van der Waals surface area contributed by atoms with Gasteiger partial charge in [-0.3, -0.25) is 4.90 Å². The molecule has 0 aromatic heterocycles. The average Bonchev–Trinajstić information content (AvgIpc) is 3.03. The van der Waals surface area contributed by atoms with E-state index in [0.717, 1.165) is 23.9 Å². The first kappa shape index (κ1) is 12.2. The molecule has 0 bridgehead atoms. The molecule has 2 heteroatoms. The van der Waals surface area contributed by atoms with Gasteiger partial charge < -0.3 is 5.11 Å². The van der Waals surface area contributed by atoms with Crippen LogP contribution < -0.4 is 0 Å². The minimum Gasteiger partial charge on any atom is -0.508 e. The summed E-state index contributed by atoms with van der Waals surface area (Å²) < 4.78 is 0. The number of phenolic OH excluding ortho intramolecular Hbond substituents is 1. The van der Waals surface area contributed by atoms with Gasteiger partial charge in [0.1, 0.15) is 5.75 Å². The highest BCUT2D eigenvalue weighted by Gasteiger charge is 2.36. The molecule has 1 saturated heterocycles. The normalized spacial score (nSPS) is 26.2. The molecule has 1 aliphatic heterocycles. The minimum absolute atomic E-state index is 0.445. The average molecular weight is 267 g/mol. The van der Waals surface area contributed by atoms with Crippen molar-refractivity contribution < 1.29 is 5.11 Å². The molecule has 2 aromatic carbocycles. The second-order valence-corrected chi connectivity index (χ2v) is 6.43. The molecule has 1 saturated carbocycles. The lowest BCUT2D eigenvalue weighted by Crippen LogP contribution is -2.21. The molecule has 1 heterocycles. The highest BCUT2D eigenvalue weighted by atomic mass is 16.3. The molecule has 0 spiro atoms. The lowest BCUT2D eigenvalue weighted by molar-refractivity contribution is 0.299. The van der Waals surface area contributed by atoms with E-state index >= 15 is 0 Å². The largest absolute Gasteiger partial charge is 0.508 e. The van der Waals surface area contributed by atoms with Gasteiger partial charge in [-0.25, -0.2) is 0 Å². The number of nitrogens with zero attached hydrogens (tertiary/aromatic N) is 1. The van der Waals surface area contributed by atoms with Crippen molar-refractivity contribution in [2.45, 2.75) is 25.8 Å². The molecule has 1 aliphatic carbocycles. The molecular formula is C18H21NO. The molecule has 2 atom stereocenters. The third kappa shape index (κ3) is 1.99. The fourth-order valence-electron chi connectivity index (χ4n) is 4.18. The van der Waals surface area contributed by atoms with E-state index in [1.54, 1.807) is 0 Å². The summed E-state index contributed by atoms with van der Waals surface area (Å²) in [5, 5.41) is 12.7. The fourth-order valence-corrected chi connectivity index (χ4v) is 4.18. The summed E-state index contributed by atoms with van der Waals surface area (Å²) in [7, 11) is 0. The standard InChI is InChI=1S/C18H21NO/c20-18-9-8-13-4-1-2-7-16(13)17(18)12-19-10-14-5-3-6-15(14)11-19/h1-2,4,7-9,14-15,20H,3,5-6,10-12H2. The van der Waals surface area contributed by atoms with Crippen molar-refractivity contribution in [2.75, 3.05) is 13.1 Å². The second-order valence-electron chi connectivity index (χ2n) is 6.43. The molecular weight excluding hydrogens is 246 g/mol. The predicted octanol–water partition coefficient (Wildman–Crippen LogP) is 3.78. The Morgan fingerprint density at radius 3 is 2.55 bits per heavy atom. The topological polar surface area (TPSA) is 23.5 Å². The first-order valence-electron chi connectivity index (χ1n) is 7.73. The number of benzene rings is 2. The van der Waals surface area contributed by atoms with Gasteiger partial charge in [-0.1, -0.05) is 36.8 Å². The Balaban J connectivity index is 1.64. The maximum absolute atomic E-state index is 10.2. The van der Waals surface area contributed by atoms with Crippen LogP contribution in [0.3, 0.4) is 0 Å². The van der Waals surface area contributed by atoms with E-state index in [4.69, 9.17) is 0 Å². The maximum atomic E-state index is 10.2. The maximum Gasteiger partial charge on any atom is 0.120 e. The van der Waals surface area contributed by atoms with Crippen LogP contribution in [0.2, 0.25) is 0 Å². The van der Waals surface area contributed by atoms with Gasteiger partial charge in [0.15, 0.2) is 0 Å². The predicted molar refractivity (Wildman–Crippen MR) is 81.7 cm³/mol. The van der Waals surface area contributed by atoms with Crippen LogP contribution in [-0.2, 0) is 6.54 Å². The molecule has 0 radical (unpaired) electrons. The number of aromatic hydroxyl groups is 1. The van der Waals surface area contributed by atoms with Crippen molar-refractivity contribution in [3.05, 3.63) is 42.0 Å². The van der Waals surface area contributed by atoms with E-state index in [1.165, 1.54) is 43.1 Å². The highest BCUT2D eigenvalue weighted by molar-refractivity contribution is 5.87. The first-order valence-corrected chi connectivity index (χ1v) is 7.73. The van der Waals surface area contributed by atoms with E-state index < -0.39 is 0 Å². The number of phenols is 1. The monoisotopic (exact) mass is 267 g/mol. The Bertz CT molecular complexity index is 624. The van der Waals surface area contributed by atoms with E-state index in [1.807, 2.05) is 12.1 Å². The Morgan fingerprint density at radius 1 is 1.00 bits per heavy atom. The molecule has 2 aliphatic rings. The Morgan fingerprint density at radius 2 is 1.75 bits per heavy atom. The van der Waals surface area contributed by atoms with Crippen LogP contribution in [0.5, 0.6) is 5.75 Å². The minimum atomic E-state index is 0.445. The molecule has 2 fully saturated rings. The summed E-state index contributed by atoms with van der Waals surface area (Å²) in [5.74, 6) is 2.26. The summed E-state index contributed by atoms with van der Waals surface area (Å²) in [6, 6.07) is 12.2. The molecule has 1 N–H and O–H groups in total. The van der Waals surface area contributed by atoms with Gasteiger partial charge in [0.25, 0.3) is 0 Å². The molecule has 20 heavy (non-hydrogen) atoms. The van der Waals surface area contributed by atoms with Crippen LogP contribution in [-0.4, -0.2) is 23.1 Å². The summed E-state index contributed by atoms with van der Waals surface area (Å²) in [6.07, 6.45) is 4.23. The van der Waals surface area contributed by atoms with Crippen LogP contribution in [0.15, 0.2) is 36.4 Å². The third-order valence-corrected chi connectivity index (χ3v) is 5.20. The first-order chi connectivity index (χ1) is 9.81. The van der Waals surface area contributed by atoms with Gasteiger partial charge >= 0.3 is 0 Å². The van der Waals surface area contributed by atoms with Crippen molar-refractivity contribution in [1.82, 2.24) is 4.90 Å². The van der Waals surface area contributed by atoms with Crippen molar-refractivity contribution in [2.24, 2.45) is 11.8 Å². The smallest absolute Gasteiger partial charge is 0.120 e. The van der Waals surface area contributed by atoms with Crippen LogP contribution in [0.4, 0.5) is 0 Å². The third-order valence-electron chi connectivity index (χ3n) is 5.20. The summed E-state index contributed by atoms with van der Waals surface area (Å²) in [5.41, 5.74) is 1.10. The molecule has 4 rings (SSSR count). The van der Waals surface area contributed by atoms with Crippen molar-refractivity contribution in [3.8, 4) is 5.75 Å². The van der Waals surface area contributed by atoms with E-state index in [0.29, 0.717) is 5.75 Å². The van der Waals surface area contributed by atoms with Gasteiger partial charge in [0.05, 0.1) is 0 Å². The lowest BCUT2D eigenvalue weighted by Gasteiger charge is -2.19. The van der Waals surface area contributed by atoms with Gasteiger partial charge in [0.2, 0.25) is 0 Å². The molecule has 2 unspecified atom stereocenters. The van der Waals surface area contributed by atoms with Crippen LogP contribution >= 0.6 is 0 Å². The molecule has 2 aromatic rings. The van der Waals surface area contributed by atoms with Gasteiger partial charge in [0, 0.05) is 25.2 Å². The van der Waals surface area contributed by atoms with Crippen molar-refractivity contribution in [3.63, 3.8) is 0 Å². The van der Waals surface area contributed by atoms with Crippen LogP contribution in [0.25, 0.3) is 10.8 Å². The molecule has 104 valence electrons. The Hall–Kier alpha value is -1.54. The summed E-state index contributed by atoms with van der Waals surface area (Å²) in [6.45, 7) is 3.32. The second kappa shape index (κ2) is 4.78. The quantitative estimate of drug-likeness (QED) is 0.895. The number of likely N-dealkylation sites (tertiary alicyclic amines) is 1. The zero-order valence-electron chi connectivity index (χ0n) is 11.8. The fraction of sp³-hybridized carbons (Fsp3) is 0.444. The van der Waals surface area contributed by atoms with Gasteiger partial charge in [-0.2, -0.15) is 0 Å². The van der Waals surface area contributed by atoms with Crippen molar-refractivity contribution in [1.29, 1.82) is 0 Å². The lowest BCUT2D eigenvalue weighted by atomic mass is 10.0. The Kier molecular flexibility index (Phi) is 2.92. The summed E-state index contributed by atoms with van der Waals surface area (Å²) >= 11 is 0. The number of hydrogen-bond donors (Lipinski definition) is 1. The molecule has 0 amide bonds. The van der Waals surface area contributed by atoms with E-state index in [2.05, 4.69) is 29.2 Å². The highest BCUT2D eigenvalue weighted by Crippen LogP contribution is 2.39. The summed E-state index contributed by atoms with van der Waals surface area (Å²) in [4.78, 5) is 2.54.